The summed E-state index contributed by atoms with van der Waals surface area (Å²) in [4.78, 5) is 24.0. The second-order valence-electron chi connectivity index (χ2n) is 11.5. The smallest absolute Gasteiger partial charge is 0.331 e. The molecule has 0 aliphatic carbocycles. The predicted octanol–water partition coefficient (Wildman–Crippen LogP) is 5.16. The van der Waals surface area contributed by atoms with E-state index in [-0.39, 0.29) is 42.0 Å². The van der Waals surface area contributed by atoms with Crippen LogP contribution in [-0.4, -0.2) is 69.5 Å². The maximum atomic E-state index is 14.9. The Balaban J connectivity index is 1.30. The van der Waals surface area contributed by atoms with Gasteiger partial charge in [0.05, 0.1) is 11.4 Å². The molecular weight excluding hydrogens is 706 g/mol. The summed E-state index contributed by atoms with van der Waals surface area (Å²) in [6.45, 7) is 2.77. The second-order valence-corrected chi connectivity index (χ2v) is 12.7. The number of hydrogen-bond acceptors (Lipinski definition) is 8. The van der Waals surface area contributed by atoms with Gasteiger partial charge in [0, 0.05) is 40.4 Å². The first-order valence-electron chi connectivity index (χ1n) is 14.8. The molecule has 4 rings (SSSR count). The van der Waals surface area contributed by atoms with E-state index >= 15 is 0 Å². The Bertz CT molecular complexity index is 1430. The molecule has 2 aliphatic heterocycles. The number of carboxylic acids is 1. The van der Waals surface area contributed by atoms with Crippen LogP contribution >= 0.6 is 22.6 Å². The Morgan fingerprint density at radius 3 is 2.58 bits per heavy atom. The number of rotatable bonds is 13. The van der Waals surface area contributed by atoms with Gasteiger partial charge in [-0.2, -0.15) is 0 Å². The number of carbonyl (C=O) groups is 2. The number of anilines is 2. The van der Waals surface area contributed by atoms with Gasteiger partial charge in [0.25, 0.3) is 0 Å². The molecule has 0 bridgehead atoms. The predicted molar refractivity (Wildman–Crippen MR) is 170 cm³/mol. The third-order valence-electron chi connectivity index (χ3n) is 8.08. The summed E-state index contributed by atoms with van der Waals surface area (Å²) in [6, 6.07) is 6.16. The Morgan fingerprint density at radius 2 is 1.93 bits per heavy atom. The number of allylic oxidation sites excluding steroid dienone is 1. The Morgan fingerprint density at radius 1 is 1.18 bits per heavy atom. The molecule has 45 heavy (non-hydrogen) atoms. The first-order valence-corrected chi connectivity index (χ1v) is 15.8. The molecule has 5 N–H and O–H groups in total. The molecule has 2 aromatic carbocycles. The number of benzene rings is 2. The molecule has 2 saturated heterocycles. The van der Waals surface area contributed by atoms with Crippen molar-refractivity contribution in [1.82, 2.24) is 10.2 Å². The number of nitrogens with one attached hydrogen (secondary N) is 2. The number of aliphatic hydroxyl groups excluding tert-OH is 1. The van der Waals surface area contributed by atoms with Crippen LogP contribution in [0.15, 0.2) is 54.6 Å². The highest BCUT2D eigenvalue weighted by Gasteiger charge is 2.50. The maximum absolute atomic E-state index is 14.9. The quantitative estimate of drug-likeness (QED) is 0.0818. The normalized spacial score (nSPS) is 21.4. The van der Waals surface area contributed by atoms with Gasteiger partial charge in [-0.05, 0) is 97.1 Å². The summed E-state index contributed by atoms with van der Waals surface area (Å²) in [7, 11) is 0. The molecule has 0 amide bonds. The van der Waals surface area contributed by atoms with Gasteiger partial charge in [0.15, 0.2) is 11.6 Å². The van der Waals surface area contributed by atoms with Crippen molar-refractivity contribution in [2.45, 2.75) is 63.0 Å². The van der Waals surface area contributed by atoms with Crippen molar-refractivity contribution in [2.75, 3.05) is 25.0 Å². The zero-order valence-electron chi connectivity index (χ0n) is 24.7. The third-order valence-corrected chi connectivity index (χ3v) is 8.75. The number of likely N-dealkylation sites (tertiary alicyclic amines) is 1. The average molecular weight is 744 g/mol. The minimum atomic E-state index is -1.37. The highest BCUT2D eigenvalue weighted by molar-refractivity contribution is 14.1. The van der Waals surface area contributed by atoms with E-state index in [1.807, 2.05) is 41.7 Å². The maximum Gasteiger partial charge on any atom is 0.331 e. The summed E-state index contributed by atoms with van der Waals surface area (Å²) in [5.41, 5.74) is -1.57. The summed E-state index contributed by atoms with van der Waals surface area (Å²) in [5.74, 6) is -4.71. The number of carboxylic acid groups (broad SMARTS) is 1. The van der Waals surface area contributed by atoms with Crippen LogP contribution in [0.1, 0.15) is 50.8 Å². The molecule has 2 aromatic rings. The lowest BCUT2D eigenvalue weighted by Crippen LogP contribution is -2.71. The van der Waals surface area contributed by atoms with Crippen molar-refractivity contribution in [1.29, 1.82) is 0 Å². The average Bonchev–Trinajstić information content (AvgIpc) is 2.98. The topological polar surface area (TPSA) is 131 Å². The minimum Gasteiger partial charge on any atom is -0.478 e. The van der Waals surface area contributed by atoms with Crippen LogP contribution in [0.5, 0.6) is 0 Å². The number of esters is 1. The van der Waals surface area contributed by atoms with E-state index < -0.39 is 47.3 Å². The fraction of sp³-hybridized carbons (Fsp3) is 0.438. The Hall–Kier alpha value is -2.98. The zero-order valence-corrected chi connectivity index (χ0v) is 26.8. The summed E-state index contributed by atoms with van der Waals surface area (Å²) < 4.78 is 49.4. The standard InChI is InChI=1S/C32H37F3IN3O6/c1-2-4-21(45-28(42)14-13-27(40)41)6-3-5-19-7-12-26(37-16-19)32(44)17-39(18-32)31(43)22-9-10-23(33)29(35)30(22)38-25-11-8-20(36)15-24(25)34/h3,6,8-11,13-15,19,21,26,31,37-38,43-44H,2,4-5,7,12,16-18H2,1H3,(H,40,41)/b6-3-,14-13+/t19?,21?,26-,31?/m0/s1. The van der Waals surface area contributed by atoms with Gasteiger partial charge in [-0.3, -0.25) is 4.90 Å². The number of aliphatic hydroxyl groups is 2. The number of aliphatic carboxylic acids is 1. The van der Waals surface area contributed by atoms with E-state index in [9.17, 15) is 33.0 Å². The molecule has 0 aromatic heterocycles. The van der Waals surface area contributed by atoms with Crippen molar-refractivity contribution in [2.24, 2.45) is 5.92 Å². The molecule has 0 spiro atoms. The molecule has 4 atom stereocenters. The molecule has 2 fully saturated rings. The van der Waals surface area contributed by atoms with Crippen molar-refractivity contribution in [3.63, 3.8) is 0 Å². The highest BCUT2D eigenvalue weighted by atomic mass is 127. The van der Waals surface area contributed by atoms with Crippen molar-refractivity contribution in [3.05, 3.63) is 81.2 Å². The molecule has 244 valence electrons. The van der Waals surface area contributed by atoms with E-state index in [2.05, 4.69) is 10.6 Å². The van der Waals surface area contributed by atoms with Crippen LogP contribution in [0.3, 0.4) is 0 Å². The van der Waals surface area contributed by atoms with Gasteiger partial charge in [0.1, 0.15) is 23.8 Å². The molecular formula is C32H37F3IN3O6. The van der Waals surface area contributed by atoms with E-state index in [1.54, 1.807) is 11.0 Å². The Labute approximate surface area is 273 Å². The monoisotopic (exact) mass is 743 g/mol. The number of carbonyl (C=O) groups excluding carboxylic acids is 1. The van der Waals surface area contributed by atoms with Crippen molar-refractivity contribution >= 4 is 45.9 Å². The molecule has 2 aliphatic rings. The lowest BCUT2D eigenvalue weighted by atomic mass is 9.78. The zero-order chi connectivity index (χ0) is 32.7. The molecule has 9 nitrogen and oxygen atoms in total. The van der Waals surface area contributed by atoms with Crippen LogP contribution in [0.4, 0.5) is 24.5 Å². The van der Waals surface area contributed by atoms with E-state index in [0.29, 0.717) is 23.0 Å². The Kier molecular flexibility index (Phi) is 12.0. The number of β-amino-alcohol motifs (C(OH)–C–C–N with tert-alkyl or cyclic N) is 1. The molecule has 0 saturated carbocycles. The molecule has 13 heteroatoms. The third kappa shape index (κ3) is 9.06. The van der Waals surface area contributed by atoms with Crippen LogP contribution in [-0.2, 0) is 14.3 Å². The molecule has 0 radical (unpaired) electrons. The minimum absolute atomic E-state index is 0.0160. The van der Waals surface area contributed by atoms with Crippen LogP contribution in [0, 0.1) is 26.9 Å². The highest BCUT2D eigenvalue weighted by Crippen LogP contribution is 2.39. The lowest BCUT2D eigenvalue weighted by molar-refractivity contribution is -0.180. The SMILES string of the molecule is CCCC(/C=C\CC1CC[C@@H](C2(O)CN(C(O)c3ccc(F)c(F)c3Nc3ccc(I)cc3F)C2)NC1)OC(=O)/C=C/C(=O)O. The lowest BCUT2D eigenvalue weighted by Gasteiger charge is -2.53. The van der Waals surface area contributed by atoms with Crippen LogP contribution in [0.2, 0.25) is 0 Å². The first kappa shape index (κ1) is 34.9. The fourth-order valence-corrected chi connectivity index (χ4v) is 6.14. The molecule has 2 heterocycles. The number of hydrogen-bond donors (Lipinski definition) is 5. The van der Waals surface area contributed by atoms with Crippen molar-refractivity contribution < 1.29 is 42.8 Å². The summed E-state index contributed by atoms with van der Waals surface area (Å²) >= 11 is 1.93. The van der Waals surface area contributed by atoms with Gasteiger partial charge in [-0.15, -0.1) is 0 Å². The van der Waals surface area contributed by atoms with Crippen LogP contribution < -0.4 is 10.6 Å². The fourth-order valence-electron chi connectivity index (χ4n) is 5.69. The first-order chi connectivity index (χ1) is 21.4. The van der Waals surface area contributed by atoms with Crippen LogP contribution in [0.25, 0.3) is 0 Å². The second kappa shape index (κ2) is 15.5. The van der Waals surface area contributed by atoms with Gasteiger partial charge >= 0.3 is 11.9 Å². The van der Waals surface area contributed by atoms with Gasteiger partial charge < -0.3 is 30.7 Å². The number of ether oxygens (including phenoxy) is 1. The number of halogens is 4. The van der Waals surface area contributed by atoms with Gasteiger partial charge in [-0.25, -0.2) is 22.8 Å². The largest absolute Gasteiger partial charge is 0.478 e. The van der Waals surface area contributed by atoms with E-state index in [1.165, 1.54) is 18.2 Å². The molecule has 3 unspecified atom stereocenters. The number of piperidine rings is 1. The van der Waals surface area contributed by atoms with E-state index in [4.69, 9.17) is 9.84 Å². The van der Waals surface area contributed by atoms with Crippen molar-refractivity contribution in [3.8, 4) is 0 Å². The van der Waals surface area contributed by atoms with Gasteiger partial charge in [-0.1, -0.05) is 19.4 Å². The summed E-state index contributed by atoms with van der Waals surface area (Å²) in [5, 5.41) is 37.0. The number of nitrogens with zero attached hydrogens (tertiary/aromatic N) is 1. The van der Waals surface area contributed by atoms with Gasteiger partial charge in [0.2, 0.25) is 0 Å². The van der Waals surface area contributed by atoms with E-state index in [0.717, 1.165) is 37.5 Å². The summed E-state index contributed by atoms with van der Waals surface area (Å²) in [6.07, 6.45) is 7.16.